The second-order valence-corrected chi connectivity index (χ2v) is 6.15. The molecule has 1 aliphatic carbocycles. The average Bonchev–Trinajstić information content (AvgIpc) is 2.53. The molecule has 0 amide bonds. The molecule has 2 atom stereocenters. The number of methoxy groups -OCH3 is 1. The van der Waals surface area contributed by atoms with E-state index in [0.29, 0.717) is 6.54 Å². The topological polar surface area (TPSA) is 38.5 Å². The highest BCUT2D eigenvalue weighted by Gasteiger charge is 2.34. The number of anilines is 1. The summed E-state index contributed by atoms with van der Waals surface area (Å²) in [6, 6.07) is 7.04. The molecule has 0 aromatic heterocycles. The van der Waals surface area contributed by atoms with Crippen LogP contribution in [-0.4, -0.2) is 19.7 Å². The maximum Gasteiger partial charge on any atom is 0.120 e. The van der Waals surface area contributed by atoms with E-state index in [0.717, 1.165) is 17.7 Å². The Kier molecular flexibility index (Phi) is 4.16. The van der Waals surface area contributed by atoms with Gasteiger partial charge < -0.3 is 15.4 Å². The zero-order valence-electron chi connectivity index (χ0n) is 12.5. The van der Waals surface area contributed by atoms with Gasteiger partial charge in [0.05, 0.1) is 7.11 Å². The van der Waals surface area contributed by atoms with Crippen LogP contribution < -0.4 is 15.4 Å². The van der Waals surface area contributed by atoms with Gasteiger partial charge in [-0.05, 0) is 43.2 Å². The molecule has 110 valence electrons. The minimum atomic E-state index is 0.604. The molecule has 1 saturated carbocycles. The summed E-state index contributed by atoms with van der Waals surface area (Å²) in [5.74, 6) is 1.82. The van der Waals surface area contributed by atoms with E-state index in [2.05, 4.69) is 17.0 Å². The number of piperidine rings is 1. The lowest BCUT2D eigenvalue weighted by molar-refractivity contribution is 0.243. The molecule has 3 heteroatoms. The van der Waals surface area contributed by atoms with E-state index in [4.69, 9.17) is 10.5 Å². The third-order valence-electron chi connectivity index (χ3n) is 5.07. The quantitative estimate of drug-likeness (QED) is 0.919. The van der Waals surface area contributed by atoms with Crippen molar-refractivity contribution in [3.05, 3.63) is 23.8 Å². The molecular weight excluding hydrogens is 248 g/mol. The van der Waals surface area contributed by atoms with Gasteiger partial charge in [0.15, 0.2) is 0 Å². The minimum absolute atomic E-state index is 0.604. The summed E-state index contributed by atoms with van der Waals surface area (Å²) >= 11 is 0. The van der Waals surface area contributed by atoms with Gasteiger partial charge in [-0.25, -0.2) is 0 Å². The number of hydrogen-bond donors (Lipinski definition) is 1. The van der Waals surface area contributed by atoms with E-state index in [1.54, 1.807) is 7.11 Å². The molecule has 3 rings (SSSR count). The van der Waals surface area contributed by atoms with Crippen molar-refractivity contribution in [2.24, 2.45) is 11.7 Å². The van der Waals surface area contributed by atoms with Crippen molar-refractivity contribution in [3.63, 3.8) is 0 Å². The molecule has 1 saturated heterocycles. The van der Waals surface area contributed by atoms with E-state index in [1.165, 1.54) is 56.3 Å². The monoisotopic (exact) mass is 274 g/mol. The van der Waals surface area contributed by atoms with Crippen LogP contribution in [0.5, 0.6) is 5.75 Å². The molecule has 0 unspecified atom stereocenters. The Hall–Kier alpha value is -1.22. The third kappa shape index (κ3) is 2.51. The predicted molar refractivity (Wildman–Crippen MR) is 83.2 cm³/mol. The highest BCUT2D eigenvalue weighted by molar-refractivity contribution is 5.58. The van der Waals surface area contributed by atoms with Gasteiger partial charge in [-0.15, -0.1) is 0 Å². The molecule has 1 heterocycles. The lowest BCUT2D eigenvalue weighted by atomic mass is 9.78. The number of nitrogens with two attached hydrogens (primary N) is 1. The molecular formula is C17H26N2O. The fourth-order valence-corrected chi connectivity index (χ4v) is 4.03. The number of fused-ring (bicyclic) bond motifs is 1. The van der Waals surface area contributed by atoms with Gasteiger partial charge in [-0.1, -0.05) is 18.9 Å². The Labute approximate surface area is 122 Å². The molecule has 1 aromatic rings. The maximum absolute atomic E-state index is 5.95. The van der Waals surface area contributed by atoms with E-state index in [1.807, 2.05) is 6.07 Å². The Morgan fingerprint density at radius 2 is 2.00 bits per heavy atom. The van der Waals surface area contributed by atoms with E-state index in [9.17, 15) is 0 Å². The minimum Gasteiger partial charge on any atom is -0.497 e. The first-order chi connectivity index (χ1) is 9.83. The largest absolute Gasteiger partial charge is 0.497 e. The maximum atomic E-state index is 5.95. The van der Waals surface area contributed by atoms with E-state index < -0.39 is 0 Å². The Morgan fingerprint density at radius 3 is 2.80 bits per heavy atom. The number of benzene rings is 1. The highest BCUT2D eigenvalue weighted by atomic mass is 16.5. The number of rotatable bonds is 3. The van der Waals surface area contributed by atoms with Crippen LogP contribution in [0.2, 0.25) is 0 Å². The van der Waals surface area contributed by atoms with Crippen LogP contribution in [0, 0.1) is 5.92 Å². The van der Waals surface area contributed by atoms with Gasteiger partial charge in [0.2, 0.25) is 0 Å². The standard InChI is InChI=1S/C17H26N2O/c1-20-15-9-8-14(12-18)17(11-15)19-10-4-6-13-5-2-3-7-16(13)19/h8-9,11,13,16H,2-7,10,12,18H2,1H3/t13-,16-/m1/s1. The first-order valence-corrected chi connectivity index (χ1v) is 7.97. The van der Waals surface area contributed by atoms with Gasteiger partial charge >= 0.3 is 0 Å². The summed E-state index contributed by atoms with van der Waals surface area (Å²) < 4.78 is 5.41. The fraction of sp³-hybridized carbons (Fsp3) is 0.647. The smallest absolute Gasteiger partial charge is 0.120 e. The van der Waals surface area contributed by atoms with Crippen LogP contribution in [0.4, 0.5) is 5.69 Å². The van der Waals surface area contributed by atoms with Gasteiger partial charge in [-0.2, -0.15) is 0 Å². The number of nitrogens with zero attached hydrogens (tertiary/aromatic N) is 1. The molecule has 0 radical (unpaired) electrons. The van der Waals surface area contributed by atoms with Crippen molar-refractivity contribution < 1.29 is 4.74 Å². The predicted octanol–water partition coefficient (Wildman–Crippen LogP) is 3.31. The zero-order chi connectivity index (χ0) is 13.9. The van der Waals surface area contributed by atoms with E-state index in [-0.39, 0.29) is 0 Å². The summed E-state index contributed by atoms with van der Waals surface area (Å²) in [6.07, 6.45) is 8.25. The Bertz CT molecular complexity index is 458. The highest BCUT2D eigenvalue weighted by Crippen LogP contribution is 2.39. The normalized spacial score (nSPS) is 26.2. The molecule has 2 fully saturated rings. The van der Waals surface area contributed by atoms with Crippen molar-refractivity contribution >= 4 is 5.69 Å². The van der Waals surface area contributed by atoms with Crippen molar-refractivity contribution in [2.75, 3.05) is 18.6 Å². The van der Waals surface area contributed by atoms with E-state index >= 15 is 0 Å². The lowest BCUT2D eigenvalue weighted by Gasteiger charge is -2.46. The second-order valence-electron chi connectivity index (χ2n) is 6.15. The lowest BCUT2D eigenvalue weighted by Crippen LogP contribution is -2.47. The molecule has 0 bridgehead atoms. The summed E-state index contributed by atoms with van der Waals surface area (Å²) in [6.45, 7) is 1.77. The second kappa shape index (κ2) is 6.04. The van der Waals surface area contributed by atoms with Gasteiger partial charge in [0, 0.05) is 30.9 Å². The Morgan fingerprint density at radius 1 is 1.20 bits per heavy atom. The van der Waals surface area contributed by atoms with Crippen LogP contribution >= 0.6 is 0 Å². The first-order valence-electron chi connectivity index (χ1n) is 7.97. The van der Waals surface area contributed by atoms with Crippen LogP contribution in [0.3, 0.4) is 0 Å². The molecule has 0 spiro atoms. The average molecular weight is 274 g/mol. The first kappa shape index (κ1) is 13.7. The summed E-state index contributed by atoms with van der Waals surface area (Å²) in [5.41, 5.74) is 8.51. The third-order valence-corrected chi connectivity index (χ3v) is 5.07. The molecule has 1 aromatic carbocycles. The van der Waals surface area contributed by atoms with Gasteiger partial charge in [-0.3, -0.25) is 0 Å². The summed E-state index contributed by atoms with van der Waals surface area (Å²) in [5, 5.41) is 0. The molecule has 3 nitrogen and oxygen atoms in total. The fourth-order valence-electron chi connectivity index (χ4n) is 4.03. The van der Waals surface area contributed by atoms with Crippen molar-refractivity contribution in [1.29, 1.82) is 0 Å². The summed E-state index contributed by atoms with van der Waals surface area (Å²) in [4.78, 5) is 2.62. The zero-order valence-corrected chi connectivity index (χ0v) is 12.5. The van der Waals surface area contributed by atoms with Crippen molar-refractivity contribution in [1.82, 2.24) is 0 Å². The van der Waals surface area contributed by atoms with Gasteiger partial charge in [0.25, 0.3) is 0 Å². The van der Waals surface area contributed by atoms with Crippen molar-refractivity contribution in [3.8, 4) is 5.75 Å². The molecule has 20 heavy (non-hydrogen) atoms. The summed E-state index contributed by atoms with van der Waals surface area (Å²) in [7, 11) is 1.74. The molecule has 2 N–H and O–H groups in total. The van der Waals surface area contributed by atoms with Crippen molar-refractivity contribution in [2.45, 2.75) is 51.1 Å². The SMILES string of the molecule is COc1ccc(CN)c(N2CCC[C@H]3CCCC[C@H]32)c1. The van der Waals surface area contributed by atoms with Crippen LogP contribution in [0.15, 0.2) is 18.2 Å². The number of ether oxygens (including phenoxy) is 1. The van der Waals surface area contributed by atoms with Crippen LogP contribution in [-0.2, 0) is 6.54 Å². The Balaban J connectivity index is 1.93. The number of hydrogen-bond acceptors (Lipinski definition) is 3. The van der Waals surface area contributed by atoms with Crippen LogP contribution in [0.25, 0.3) is 0 Å². The molecule has 1 aliphatic heterocycles. The van der Waals surface area contributed by atoms with Crippen LogP contribution in [0.1, 0.15) is 44.1 Å². The molecule has 2 aliphatic rings. The van der Waals surface area contributed by atoms with Gasteiger partial charge in [0.1, 0.15) is 5.75 Å².